The number of halogens is 4. The molecular weight excluding hydrogens is 298 g/mol. The lowest BCUT2D eigenvalue weighted by Gasteiger charge is -2.02. The molecule has 0 N–H and O–H groups in total. The summed E-state index contributed by atoms with van der Waals surface area (Å²) in [7, 11) is 0. The van der Waals surface area contributed by atoms with Gasteiger partial charge in [-0.05, 0) is 28.1 Å². The Balaban J connectivity index is 3.29. The number of alkyl halides is 1. The van der Waals surface area contributed by atoms with Gasteiger partial charge in [-0.2, -0.15) is 0 Å². The molecule has 0 fully saturated rings. The smallest absolute Gasteiger partial charge is 0.128 e. The zero-order valence-electron chi connectivity index (χ0n) is 5.37. The molecule has 0 aliphatic heterocycles. The Morgan fingerprint density at radius 1 is 1.45 bits per heavy atom. The van der Waals surface area contributed by atoms with Crippen LogP contribution in [0.4, 0.5) is 4.39 Å². The Hall–Kier alpha value is 0.400. The summed E-state index contributed by atoms with van der Waals surface area (Å²) in [5.74, 6) is -0.282. The summed E-state index contributed by atoms with van der Waals surface area (Å²) < 4.78 is 13.6. The molecule has 0 saturated carbocycles. The fourth-order valence-corrected chi connectivity index (χ4v) is 1.99. The van der Waals surface area contributed by atoms with E-state index in [-0.39, 0.29) is 5.82 Å². The summed E-state index contributed by atoms with van der Waals surface area (Å²) in [5.41, 5.74) is 0.487. The maximum atomic E-state index is 12.9. The van der Waals surface area contributed by atoms with Crippen LogP contribution in [0.25, 0.3) is 0 Å². The van der Waals surface area contributed by atoms with Gasteiger partial charge in [-0.25, -0.2) is 4.39 Å². The Morgan fingerprint density at radius 3 is 2.55 bits per heavy atom. The van der Waals surface area contributed by atoms with Crippen molar-refractivity contribution in [3.05, 3.63) is 33.0 Å². The first kappa shape index (κ1) is 9.49. The van der Waals surface area contributed by atoms with Crippen molar-refractivity contribution < 1.29 is 4.39 Å². The molecule has 0 atom stereocenters. The highest BCUT2D eigenvalue weighted by molar-refractivity contribution is 9.10. The lowest BCUT2D eigenvalue weighted by Crippen LogP contribution is -1.87. The largest absolute Gasteiger partial charge is 0.207 e. The summed E-state index contributed by atoms with van der Waals surface area (Å²) in [4.78, 5) is 0. The molecule has 0 spiro atoms. The average molecular weight is 302 g/mol. The quantitative estimate of drug-likeness (QED) is 0.540. The van der Waals surface area contributed by atoms with E-state index in [9.17, 15) is 4.39 Å². The van der Waals surface area contributed by atoms with Gasteiger partial charge in [0.1, 0.15) is 5.82 Å². The van der Waals surface area contributed by atoms with Crippen LogP contribution in [0.2, 0.25) is 5.02 Å². The first-order valence-corrected chi connectivity index (χ1v) is 5.14. The molecule has 0 aromatic heterocycles. The van der Waals surface area contributed by atoms with Crippen LogP contribution in [-0.2, 0) is 5.33 Å². The lowest BCUT2D eigenvalue weighted by atomic mass is 10.2. The summed E-state index contributed by atoms with van der Waals surface area (Å²) in [6.45, 7) is 0. The van der Waals surface area contributed by atoms with Crippen molar-refractivity contribution in [1.82, 2.24) is 0 Å². The minimum atomic E-state index is -0.282. The topological polar surface area (TPSA) is 0 Å². The van der Waals surface area contributed by atoms with Crippen molar-refractivity contribution in [3.63, 3.8) is 0 Å². The highest BCUT2D eigenvalue weighted by Crippen LogP contribution is 2.29. The van der Waals surface area contributed by atoms with E-state index in [2.05, 4.69) is 31.9 Å². The lowest BCUT2D eigenvalue weighted by molar-refractivity contribution is 0.617. The van der Waals surface area contributed by atoms with Crippen LogP contribution in [0, 0.1) is 5.82 Å². The van der Waals surface area contributed by atoms with Crippen LogP contribution in [0.5, 0.6) is 0 Å². The molecule has 0 nitrogen and oxygen atoms in total. The SMILES string of the molecule is Fc1ccc(Br)c(Cl)c1CBr. The van der Waals surface area contributed by atoms with Crippen LogP contribution >= 0.6 is 43.5 Å². The molecule has 0 bridgehead atoms. The molecule has 60 valence electrons. The first-order valence-electron chi connectivity index (χ1n) is 2.85. The van der Waals surface area contributed by atoms with Crippen LogP contribution < -0.4 is 0 Å². The first-order chi connectivity index (χ1) is 5.16. The van der Waals surface area contributed by atoms with Gasteiger partial charge in [0.15, 0.2) is 0 Å². The molecule has 1 aromatic rings. The average Bonchev–Trinajstić information content (AvgIpc) is 1.99. The molecule has 11 heavy (non-hydrogen) atoms. The van der Waals surface area contributed by atoms with Gasteiger partial charge >= 0.3 is 0 Å². The Morgan fingerprint density at radius 2 is 2.09 bits per heavy atom. The maximum absolute atomic E-state index is 12.9. The highest BCUT2D eigenvalue weighted by Gasteiger charge is 2.08. The molecule has 1 aromatic carbocycles. The van der Waals surface area contributed by atoms with Gasteiger partial charge in [-0.3, -0.25) is 0 Å². The van der Waals surface area contributed by atoms with E-state index in [0.717, 1.165) is 4.47 Å². The van der Waals surface area contributed by atoms with E-state index in [0.29, 0.717) is 15.9 Å². The minimum absolute atomic E-state index is 0.282. The summed E-state index contributed by atoms with van der Waals surface area (Å²) >= 11 is 12.1. The number of hydrogen-bond acceptors (Lipinski definition) is 0. The molecule has 0 aliphatic carbocycles. The zero-order valence-corrected chi connectivity index (χ0v) is 9.30. The monoisotopic (exact) mass is 300 g/mol. The second-order valence-corrected chi connectivity index (χ2v) is 3.75. The number of hydrogen-bond donors (Lipinski definition) is 0. The van der Waals surface area contributed by atoms with Gasteiger partial charge in [0, 0.05) is 15.4 Å². The second-order valence-electron chi connectivity index (χ2n) is 1.96. The molecule has 0 aliphatic rings. The highest BCUT2D eigenvalue weighted by atomic mass is 79.9. The van der Waals surface area contributed by atoms with Crippen molar-refractivity contribution in [2.45, 2.75) is 5.33 Å². The molecule has 4 heteroatoms. The van der Waals surface area contributed by atoms with Gasteiger partial charge < -0.3 is 0 Å². The fourth-order valence-electron chi connectivity index (χ4n) is 0.692. The second kappa shape index (κ2) is 3.87. The fraction of sp³-hybridized carbons (Fsp3) is 0.143. The zero-order chi connectivity index (χ0) is 8.43. The van der Waals surface area contributed by atoms with Crippen molar-refractivity contribution in [1.29, 1.82) is 0 Å². The third-order valence-corrected chi connectivity index (χ3v) is 3.15. The van der Waals surface area contributed by atoms with E-state index in [1.807, 2.05) is 0 Å². The molecular formula is C7H4Br2ClF. The minimum Gasteiger partial charge on any atom is -0.207 e. The van der Waals surface area contributed by atoms with E-state index in [1.165, 1.54) is 6.07 Å². The standard InChI is InChI=1S/C7H4Br2ClF/c8-3-4-6(11)2-1-5(9)7(4)10/h1-2H,3H2. The van der Waals surface area contributed by atoms with E-state index in [1.54, 1.807) is 6.07 Å². The van der Waals surface area contributed by atoms with Crippen LogP contribution in [0.3, 0.4) is 0 Å². The van der Waals surface area contributed by atoms with Crippen molar-refractivity contribution >= 4 is 43.5 Å². The van der Waals surface area contributed by atoms with Gasteiger partial charge in [-0.1, -0.05) is 27.5 Å². The molecule has 0 unspecified atom stereocenters. The van der Waals surface area contributed by atoms with Gasteiger partial charge in [0.05, 0.1) is 5.02 Å². The third-order valence-electron chi connectivity index (χ3n) is 1.27. The van der Waals surface area contributed by atoms with Crippen LogP contribution in [0.15, 0.2) is 16.6 Å². The molecule has 0 saturated heterocycles. The molecule has 1 rings (SSSR count). The third kappa shape index (κ3) is 1.95. The summed E-state index contributed by atoms with van der Waals surface area (Å²) in [6.07, 6.45) is 0. The molecule has 0 radical (unpaired) electrons. The summed E-state index contributed by atoms with van der Waals surface area (Å²) in [5, 5.41) is 0.860. The van der Waals surface area contributed by atoms with E-state index < -0.39 is 0 Å². The molecule has 0 amide bonds. The summed E-state index contributed by atoms with van der Waals surface area (Å²) in [6, 6.07) is 2.97. The van der Waals surface area contributed by atoms with Gasteiger partial charge in [0.25, 0.3) is 0 Å². The van der Waals surface area contributed by atoms with E-state index >= 15 is 0 Å². The van der Waals surface area contributed by atoms with Crippen molar-refractivity contribution in [2.24, 2.45) is 0 Å². The predicted octanol–water partition coefficient (Wildman–Crippen LogP) is 4.14. The van der Waals surface area contributed by atoms with Crippen LogP contribution in [-0.4, -0.2) is 0 Å². The maximum Gasteiger partial charge on any atom is 0.128 e. The Kier molecular flexibility index (Phi) is 3.34. The van der Waals surface area contributed by atoms with Gasteiger partial charge in [0.2, 0.25) is 0 Å². The van der Waals surface area contributed by atoms with Crippen molar-refractivity contribution in [2.75, 3.05) is 0 Å². The van der Waals surface area contributed by atoms with E-state index in [4.69, 9.17) is 11.6 Å². The number of rotatable bonds is 1. The van der Waals surface area contributed by atoms with Crippen LogP contribution in [0.1, 0.15) is 5.56 Å². The normalized spacial score (nSPS) is 10.2. The molecule has 0 heterocycles. The van der Waals surface area contributed by atoms with Gasteiger partial charge in [-0.15, -0.1) is 0 Å². The predicted molar refractivity (Wildman–Crippen MR) is 51.7 cm³/mol. The Bertz CT molecular complexity index is 275. The number of benzene rings is 1. The Labute approximate surface area is 86.0 Å². The van der Waals surface area contributed by atoms with Crippen molar-refractivity contribution in [3.8, 4) is 0 Å².